The van der Waals surface area contributed by atoms with Crippen LogP contribution in [0.2, 0.25) is 0 Å². The third kappa shape index (κ3) is 4.45. The second kappa shape index (κ2) is 8.31. The first-order valence-electron chi connectivity index (χ1n) is 7.44. The second-order valence-corrected chi connectivity index (χ2v) is 5.18. The summed E-state index contributed by atoms with van der Waals surface area (Å²) in [5.74, 6) is -0.314. The van der Waals surface area contributed by atoms with Crippen LogP contribution in [0.4, 0.5) is 0 Å². The minimum Gasteiger partial charge on any atom is -0.497 e. The van der Waals surface area contributed by atoms with Crippen LogP contribution in [0.15, 0.2) is 48.1 Å². The van der Waals surface area contributed by atoms with Gasteiger partial charge in [0, 0.05) is 6.08 Å². The highest BCUT2D eigenvalue weighted by Crippen LogP contribution is 2.22. The average molecular weight is 332 g/mol. The van der Waals surface area contributed by atoms with Crippen molar-refractivity contribution in [2.24, 2.45) is 0 Å². The van der Waals surface area contributed by atoms with Gasteiger partial charge in [-0.3, -0.25) is 0 Å². The highest BCUT2D eigenvalue weighted by Gasteiger charge is 2.29. The molecule has 0 amide bonds. The Balaban J connectivity index is 2.11. The Labute approximate surface area is 140 Å². The number of carbonyl (C=O) groups excluding carboxylic acids is 2. The third-order valence-corrected chi connectivity index (χ3v) is 3.62. The molecule has 0 aliphatic carbocycles. The van der Waals surface area contributed by atoms with Crippen molar-refractivity contribution in [1.29, 1.82) is 0 Å². The lowest BCUT2D eigenvalue weighted by molar-refractivity contribution is -0.134. The molecule has 0 saturated heterocycles. The van der Waals surface area contributed by atoms with E-state index in [0.717, 1.165) is 5.57 Å². The molecule has 1 heterocycles. The number of hydrogen-bond donors (Lipinski definition) is 0. The Morgan fingerprint density at radius 3 is 2.54 bits per heavy atom. The standard InChI is InChI=1S/C18H20O6/c1-12-10-11-23-15(8-9-16(19)22-3)17(12)24-18(20)13-4-6-14(21-2)7-5-13/h4-10,15,17H,11H2,1-3H3/b9-8+/t15-,17+/m1/s1. The van der Waals surface area contributed by atoms with Gasteiger partial charge in [-0.25, -0.2) is 9.59 Å². The molecule has 0 N–H and O–H groups in total. The fourth-order valence-electron chi connectivity index (χ4n) is 2.22. The number of ether oxygens (including phenoxy) is 4. The first-order chi connectivity index (χ1) is 11.5. The number of methoxy groups -OCH3 is 2. The molecule has 0 aromatic heterocycles. The number of esters is 2. The maximum atomic E-state index is 12.3. The first kappa shape index (κ1) is 17.7. The molecular formula is C18H20O6. The Bertz CT molecular complexity index is 644. The third-order valence-electron chi connectivity index (χ3n) is 3.62. The summed E-state index contributed by atoms with van der Waals surface area (Å²) in [7, 11) is 2.85. The molecule has 2 rings (SSSR count). The Morgan fingerprint density at radius 1 is 1.21 bits per heavy atom. The van der Waals surface area contributed by atoms with Crippen molar-refractivity contribution in [3.05, 3.63) is 53.6 Å². The number of carbonyl (C=O) groups is 2. The lowest BCUT2D eigenvalue weighted by atomic mass is 10.0. The Kier molecular flexibility index (Phi) is 6.14. The van der Waals surface area contributed by atoms with Crippen molar-refractivity contribution in [3.8, 4) is 5.75 Å². The van der Waals surface area contributed by atoms with Gasteiger partial charge in [0.2, 0.25) is 0 Å². The first-order valence-corrected chi connectivity index (χ1v) is 7.44. The minimum absolute atomic E-state index is 0.387. The maximum absolute atomic E-state index is 12.3. The lowest BCUT2D eigenvalue weighted by Gasteiger charge is -2.29. The van der Waals surface area contributed by atoms with Gasteiger partial charge in [0.25, 0.3) is 0 Å². The normalized spacial score (nSPS) is 20.4. The van der Waals surface area contributed by atoms with Crippen LogP contribution in [0.25, 0.3) is 0 Å². The zero-order valence-electron chi connectivity index (χ0n) is 13.9. The van der Waals surface area contributed by atoms with Crippen molar-refractivity contribution < 1.29 is 28.5 Å². The largest absolute Gasteiger partial charge is 0.497 e. The predicted molar refractivity (Wildman–Crippen MR) is 86.9 cm³/mol. The summed E-state index contributed by atoms with van der Waals surface area (Å²) in [4.78, 5) is 23.6. The minimum atomic E-state index is -0.603. The second-order valence-electron chi connectivity index (χ2n) is 5.18. The summed E-state index contributed by atoms with van der Waals surface area (Å²) >= 11 is 0. The van der Waals surface area contributed by atoms with E-state index in [1.165, 1.54) is 19.3 Å². The highest BCUT2D eigenvalue weighted by atomic mass is 16.6. The zero-order valence-corrected chi connectivity index (χ0v) is 13.9. The fourth-order valence-corrected chi connectivity index (χ4v) is 2.22. The molecule has 1 aliphatic rings. The molecule has 6 heteroatoms. The van der Waals surface area contributed by atoms with Crippen LogP contribution >= 0.6 is 0 Å². The summed E-state index contributed by atoms with van der Waals surface area (Å²) in [6, 6.07) is 6.63. The molecule has 1 aromatic carbocycles. The van der Waals surface area contributed by atoms with E-state index in [9.17, 15) is 9.59 Å². The highest BCUT2D eigenvalue weighted by molar-refractivity contribution is 5.89. The van der Waals surface area contributed by atoms with E-state index in [1.807, 2.05) is 13.0 Å². The van der Waals surface area contributed by atoms with Crippen molar-refractivity contribution in [2.45, 2.75) is 19.1 Å². The van der Waals surface area contributed by atoms with Crippen molar-refractivity contribution in [3.63, 3.8) is 0 Å². The van der Waals surface area contributed by atoms with Gasteiger partial charge in [0.15, 0.2) is 6.10 Å². The number of hydrogen-bond acceptors (Lipinski definition) is 6. The molecule has 1 aliphatic heterocycles. The van der Waals surface area contributed by atoms with Crippen molar-refractivity contribution in [1.82, 2.24) is 0 Å². The topological polar surface area (TPSA) is 71.1 Å². The van der Waals surface area contributed by atoms with Crippen molar-refractivity contribution >= 4 is 11.9 Å². The maximum Gasteiger partial charge on any atom is 0.338 e. The van der Waals surface area contributed by atoms with E-state index >= 15 is 0 Å². The molecule has 0 unspecified atom stereocenters. The van der Waals surface area contributed by atoms with E-state index in [4.69, 9.17) is 14.2 Å². The Morgan fingerprint density at radius 2 is 1.92 bits per heavy atom. The smallest absolute Gasteiger partial charge is 0.338 e. The van der Waals surface area contributed by atoms with Gasteiger partial charge in [0.1, 0.15) is 11.9 Å². The van der Waals surface area contributed by atoms with Crippen LogP contribution in [0.1, 0.15) is 17.3 Å². The zero-order chi connectivity index (χ0) is 17.5. The molecule has 2 atom stereocenters. The molecule has 0 saturated carbocycles. The van der Waals surface area contributed by atoms with Crippen LogP contribution in [-0.2, 0) is 19.0 Å². The quantitative estimate of drug-likeness (QED) is 0.468. The average Bonchev–Trinajstić information content (AvgIpc) is 2.61. The summed E-state index contributed by atoms with van der Waals surface area (Å²) < 4.78 is 20.8. The Hall–Kier alpha value is -2.60. The number of rotatable bonds is 5. The van der Waals surface area contributed by atoms with Gasteiger partial charge in [-0.05, 0) is 42.8 Å². The molecular weight excluding hydrogens is 312 g/mol. The molecule has 0 bridgehead atoms. The van der Waals surface area contributed by atoms with Gasteiger partial charge in [-0.1, -0.05) is 6.08 Å². The van der Waals surface area contributed by atoms with Gasteiger partial charge < -0.3 is 18.9 Å². The molecule has 0 radical (unpaired) electrons. The summed E-state index contributed by atoms with van der Waals surface area (Å²) in [6.45, 7) is 2.24. The molecule has 1 aromatic rings. The van der Waals surface area contributed by atoms with E-state index < -0.39 is 24.1 Å². The van der Waals surface area contributed by atoms with Crippen LogP contribution in [-0.4, -0.2) is 45.0 Å². The summed E-state index contributed by atoms with van der Waals surface area (Å²) in [6.07, 6.45) is 3.49. The van der Waals surface area contributed by atoms with E-state index in [2.05, 4.69) is 4.74 Å². The lowest BCUT2D eigenvalue weighted by Crippen LogP contribution is -2.36. The van der Waals surface area contributed by atoms with Crippen LogP contribution in [0.5, 0.6) is 5.75 Å². The predicted octanol–water partition coefficient (Wildman–Crippen LogP) is 2.29. The monoisotopic (exact) mass is 332 g/mol. The van der Waals surface area contributed by atoms with Crippen molar-refractivity contribution in [2.75, 3.05) is 20.8 Å². The molecule has 128 valence electrons. The van der Waals surface area contributed by atoms with Gasteiger partial charge in [-0.2, -0.15) is 0 Å². The molecule has 0 fully saturated rings. The summed E-state index contributed by atoms with van der Waals surface area (Å²) in [5.41, 5.74) is 1.27. The van der Waals surface area contributed by atoms with E-state index in [-0.39, 0.29) is 0 Å². The van der Waals surface area contributed by atoms with E-state index in [1.54, 1.807) is 31.4 Å². The van der Waals surface area contributed by atoms with Gasteiger partial charge in [-0.15, -0.1) is 0 Å². The van der Waals surface area contributed by atoms with E-state index in [0.29, 0.717) is 17.9 Å². The molecule has 6 nitrogen and oxygen atoms in total. The fraction of sp³-hybridized carbons (Fsp3) is 0.333. The summed E-state index contributed by atoms with van der Waals surface area (Å²) in [5, 5.41) is 0. The van der Waals surface area contributed by atoms with Gasteiger partial charge >= 0.3 is 11.9 Å². The SMILES string of the molecule is COC(=O)/C=C/[C@H]1OCC=C(C)[C@@H]1OC(=O)c1ccc(OC)cc1. The molecule has 0 spiro atoms. The van der Waals surface area contributed by atoms with Crippen LogP contribution in [0, 0.1) is 0 Å². The van der Waals surface area contributed by atoms with Gasteiger partial charge in [0.05, 0.1) is 26.4 Å². The molecule has 24 heavy (non-hydrogen) atoms. The van der Waals surface area contributed by atoms with Crippen LogP contribution < -0.4 is 4.74 Å². The van der Waals surface area contributed by atoms with Crippen LogP contribution in [0.3, 0.4) is 0 Å². The number of benzene rings is 1.